The molecule has 3 aromatic rings. The van der Waals surface area contributed by atoms with Crippen molar-refractivity contribution >= 4 is 5.91 Å². The van der Waals surface area contributed by atoms with Crippen LogP contribution >= 0.6 is 0 Å². The van der Waals surface area contributed by atoms with E-state index < -0.39 is 23.7 Å². The molecule has 0 aliphatic carbocycles. The van der Waals surface area contributed by atoms with Crippen molar-refractivity contribution in [3.63, 3.8) is 0 Å². The molecule has 2 heterocycles. The first-order valence-electron chi connectivity index (χ1n) is 8.66. The second-order valence-electron chi connectivity index (χ2n) is 6.19. The van der Waals surface area contributed by atoms with Gasteiger partial charge in [0.2, 0.25) is 0 Å². The summed E-state index contributed by atoms with van der Waals surface area (Å²) in [7, 11) is 0. The van der Waals surface area contributed by atoms with Gasteiger partial charge in [-0.3, -0.25) is 4.79 Å². The lowest BCUT2D eigenvalue weighted by Gasteiger charge is -2.15. The summed E-state index contributed by atoms with van der Waals surface area (Å²) in [6, 6.07) is 7.76. The minimum absolute atomic E-state index is 0.173. The molecule has 1 aromatic carbocycles. The van der Waals surface area contributed by atoms with Crippen LogP contribution in [-0.2, 0) is 6.18 Å². The second kappa shape index (κ2) is 7.89. The predicted molar refractivity (Wildman–Crippen MR) is 96.5 cm³/mol. The number of nitrogens with one attached hydrogen (secondary N) is 1. The maximum atomic E-state index is 13.1. The topological polar surface area (TPSA) is 72.1 Å². The number of amides is 1. The second-order valence-corrected chi connectivity index (χ2v) is 6.19. The molecule has 0 radical (unpaired) electrons. The van der Waals surface area contributed by atoms with Gasteiger partial charge in [0, 0.05) is 12.4 Å². The summed E-state index contributed by atoms with van der Waals surface area (Å²) in [5.74, 6) is -0.169. The van der Waals surface area contributed by atoms with Crippen LogP contribution in [0, 0.1) is 0 Å². The lowest BCUT2D eigenvalue weighted by Crippen LogP contribution is -2.37. The van der Waals surface area contributed by atoms with Crippen LogP contribution in [0.3, 0.4) is 0 Å². The Balaban J connectivity index is 2.09. The molecule has 28 heavy (non-hydrogen) atoms. The number of aliphatic hydroxyl groups is 1. The van der Waals surface area contributed by atoms with E-state index in [1.54, 1.807) is 29.1 Å². The zero-order chi connectivity index (χ0) is 20.3. The number of hydrogen-bond donors (Lipinski definition) is 2. The van der Waals surface area contributed by atoms with E-state index in [0.717, 1.165) is 12.1 Å². The number of benzene rings is 1. The first kappa shape index (κ1) is 19.7. The minimum Gasteiger partial charge on any atom is -0.394 e. The molecule has 3 rings (SSSR count). The smallest absolute Gasteiger partial charge is 0.394 e. The highest BCUT2D eigenvalue weighted by atomic mass is 19.4. The van der Waals surface area contributed by atoms with E-state index >= 15 is 0 Å². The fourth-order valence-corrected chi connectivity index (χ4v) is 2.77. The van der Waals surface area contributed by atoms with E-state index in [0.29, 0.717) is 12.2 Å². The molecule has 6 nitrogen and oxygen atoms in total. The predicted octanol–water partition coefficient (Wildman–Crippen LogP) is 3.18. The monoisotopic (exact) mass is 392 g/mol. The van der Waals surface area contributed by atoms with Gasteiger partial charge in [-0.15, -0.1) is 0 Å². The molecule has 0 fully saturated rings. The zero-order valence-corrected chi connectivity index (χ0v) is 15.0. The van der Waals surface area contributed by atoms with Crippen molar-refractivity contribution in [1.82, 2.24) is 19.7 Å². The Morgan fingerprint density at radius 3 is 2.57 bits per heavy atom. The molecule has 0 bridgehead atoms. The van der Waals surface area contributed by atoms with Crippen LogP contribution in [0.25, 0.3) is 11.5 Å². The Morgan fingerprint density at radius 2 is 1.96 bits per heavy atom. The van der Waals surface area contributed by atoms with Gasteiger partial charge in [0.05, 0.1) is 30.1 Å². The average molecular weight is 392 g/mol. The quantitative estimate of drug-likeness (QED) is 0.677. The Bertz CT molecular complexity index is 944. The first-order chi connectivity index (χ1) is 13.3. The third-order valence-corrected chi connectivity index (χ3v) is 4.30. The minimum atomic E-state index is -4.49. The van der Waals surface area contributed by atoms with Crippen molar-refractivity contribution in [2.45, 2.75) is 25.6 Å². The van der Waals surface area contributed by atoms with Crippen molar-refractivity contribution < 1.29 is 23.1 Å². The zero-order valence-electron chi connectivity index (χ0n) is 15.0. The molecule has 1 atom stereocenters. The van der Waals surface area contributed by atoms with Gasteiger partial charge in [-0.1, -0.05) is 13.0 Å². The average Bonchev–Trinajstić information content (AvgIpc) is 3.34. The van der Waals surface area contributed by atoms with Crippen LogP contribution in [-0.4, -0.2) is 38.0 Å². The fourth-order valence-electron chi connectivity index (χ4n) is 2.77. The molecular formula is C19H19F3N4O2. The number of aromatic nitrogens is 3. The number of hydrogen-bond acceptors (Lipinski definition) is 3. The number of nitrogens with zero attached hydrogens (tertiary/aromatic N) is 3. The molecule has 2 N–H and O–H groups in total. The summed E-state index contributed by atoms with van der Waals surface area (Å²) in [5, 5.41) is 16.2. The van der Waals surface area contributed by atoms with Gasteiger partial charge in [0.15, 0.2) is 5.82 Å². The molecular weight excluding hydrogens is 373 g/mol. The number of carbonyl (C=O) groups is 1. The van der Waals surface area contributed by atoms with E-state index in [2.05, 4.69) is 10.4 Å². The van der Waals surface area contributed by atoms with Crippen LogP contribution < -0.4 is 5.32 Å². The summed E-state index contributed by atoms with van der Waals surface area (Å²) in [4.78, 5) is 12.7. The van der Waals surface area contributed by atoms with Gasteiger partial charge in [0.1, 0.15) is 5.56 Å². The summed E-state index contributed by atoms with van der Waals surface area (Å²) in [6.07, 6.45) is 0.673. The largest absolute Gasteiger partial charge is 0.416 e. The molecule has 2 aromatic heterocycles. The molecule has 0 aliphatic rings. The Hall–Kier alpha value is -3.07. The first-order valence-corrected chi connectivity index (χ1v) is 8.66. The lowest BCUT2D eigenvalue weighted by atomic mass is 10.2. The molecule has 0 saturated carbocycles. The van der Waals surface area contributed by atoms with E-state index in [1.807, 2.05) is 6.92 Å². The SMILES string of the molecule is CCC(CO)NC(=O)c1cnn(-c2cccc(C(F)(F)F)c2)c1-n1cccc1. The van der Waals surface area contributed by atoms with Crippen molar-refractivity contribution in [2.75, 3.05) is 6.61 Å². The Kier molecular flexibility index (Phi) is 5.55. The normalized spacial score (nSPS) is 12.8. The highest BCUT2D eigenvalue weighted by Gasteiger charge is 2.31. The van der Waals surface area contributed by atoms with Crippen molar-refractivity contribution in [2.24, 2.45) is 0 Å². The third-order valence-electron chi connectivity index (χ3n) is 4.30. The van der Waals surface area contributed by atoms with Crippen LogP contribution in [0.2, 0.25) is 0 Å². The van der Waals surface area contributed by atoms with Crippen LogP contribution in [0.1, 0.15) is 29.3 Å². The number of rotatable bonds is 6. The summed E-state index contributed by atoms with van der Waals surface area (Å²) in [6.45, 7) is 1.60. The maximum Gasteiger partial charge on any atom is 0.416 e. The van der Waals surface area contributed by atoms with Gasteiger partial charge in [-0.25, -0.2) is 4.68 Å². The summed E-state index contributed by atoms with van der Waals surface area (Å²) < 4.78 is 42.2. The molecule has 1 unspecified atom stereocenters. The van der Waals surface area contributed by atoms with Crippen LogP contribution in [0.4, 0.5) is 13.2 Å². The van der Waals surface area contributed by atoms with Crippen molar-refractivity contribution in [1.29, 1.82) is 0 Å². The number of carbonyl (C=O) groups excluding carboxylic acids is 1. The fraction of sp³-hybridized carbons (Fsp3) is 0.263. The standard InChI is InChI=1S/C19H19F3N4O2/c1-2-14(12-27)24-17(28)16-11-23-26(18(16)25-8-3-4-9-25)15-7-5-6-13(10-15)19(20,21)22/h3-11,14,27H,2,12H2,1H3,(H,24,28). The van der Waals surface area contributed by atoms with E-state index in [4.69, 9.17) is 0 Å². The third kappa shape index (κ3) is 3.94. The number of halogens is 3. The van der Waals surface area contributed by atoms with E-state index in [9.17, 15) is 23.1 Å². The van der Waals surface area contributed by atoms with Gasteiger partial charge < -0.3 is 15.0 Å². The van der Waals surface area contributed by atoms with Gasteiger partial charge in [0.25, 0.3) is 5.91 Å². The van der Waals surface area contributed by atoms with Crippen LogP contribution in [0.5, 0.6) is 0 Å². The van der Waals surface area contributed by atoms with Gasteiger partial charge in [-0.2, -0.15) is 18.3 Å². The number of alkyl halides is 3. The van der Waals surface area contributed by atoms with E-state index in [-0.39, 0.29) is 17.9 Å². The van der Waals surface area contributed by atoms with Crippen molar-refractivity contribution in [3.8, 4) is 11.5 Å². The highest BCUT2D eigenvalue weighted by Crippen LogP contribution is 2.31. The summed E-state index contributed by atoms with van der Waals surface area (Å²) in [5.41, 5.74) is -0.455. The van der Waals surface area contributed by atoms with Gasteiger partial charge >= 0.3 is 6.18 Å². The maximum absolute atomic E-state index is 13.1. The molecule has 0 saturated heterocycles. The molecule has 148 valence electrons. The lowest BCUT2D eigenvalue weighted by molar-refractivity contribution is -0.137. The molecule has 1 amide bonds. The molecule has 0 spiro atoms. The van der Waals surface area contributed by atoms with Gasteiger partial charge in [-0.05, 0) is 36.8 Å². The Labute approximate surface area is 159 Å². The number of aliphatic hydroxyl groups excluding tert-OH is 1. The molecule has 9 heteroatoms. The van der Waals surface area contributed by atoms with E-state index in [1.165, 1.54) is 23.0 Å². The highest BCUT2D eigenvalue weighted by molar-refractivity contribution is 5.97. The summed E-state index contributed by atoms with van der Waals surface area (Å²) >= 11 is 0. The Morgan fingerprint density at radius 1 is 1.25 bits per heavy atom. The van der Waals surface area contributed by atoms with Crippen molar-refractivity contribution in [3.05, 3.63) is 66.1 Å². The molecule has 0 aliphatic heterocycles. The van der Waals surface area contributed by atoms with Crippen LogP contribution in [0.15, 0.2) is 55.0 Å².